The van der Waals surface area contributed by atoms with Gasteiger partial charge in [0.05, 0.1) is 11.4 Å². The quantitative estimate of drug-likeness (QED) is 0.853. The van der Waals surface area contributed by atoms with Crippen LogP contribution in [0.4, 0.5) is 0 Å². The lowest BCUT2D eigenvalue weighted by molar-refractivity contribution is 0.397. The van der Waals surface area contributed by atoms with Crippen LogP contribution in [-0.4, -0.2) is 19.8 Å². The molecule has 0 unspecified atom stereocenters. The third kappa shape index (κ3) is 2.63. The van der Waals surface area contributed by atoms with Gasteiger partial charge < -0.3 is 4.42 Å². The first-order chi connectivity index (χ1) is 8.50. The summed E-state index contributed by atoms with van der Waals surface area (Å²) in [5, 5.41) is 0. The van der Waals surface area contributed by atoms with Crippen molar-refractivity contribution in [2.24, 2.45) is 0 Å². The van der Waals surface area contributed by atoms with E-state index in [-0.39, 0.29) is 11.4 Å². The molecule has 0 aliphatic rings. The van der Waals surface area contributed by atoms with Crippen molar-refractivity contribution < 1.29 is 12.8 Å². The summed E-state index contributed by atoms with van der Waals surface area (Å²) in [7, 11) is -1.91. The zero-order valence-electron chi connectivity index (χ0n) is 10.3. The van der Waals surface area contributed by atoms with Crippen molar-refractivity contribution in [3.63, 3.8) is 0 Å². The fourth-order valence-corrected chi connectivity index (χ4v) is 2.81. The Morgan fingerprint density at radius 3 is 2.33 bits per heavy atom. The predicted octanol–water partition coefficient (Wildman–Crippen LogP) is 2.41. The largest absolute Gasteiger partial charge is 0.465 e. The van der Waals surface area contributed by atoms with Crippen molar-refractivity contribution in [2.45, 2.75) is 18.4 Å². The Labute approximate surface area is 107 Å². The smallest absolute Gasteiger partial charge is 0.243 e. The van der Waals surface area contributed by atoms with Crippen LogP contribution in [0.3, 0.4) is 0 Å². The lowest BCUT2D eigenvalue weighted by Gasteiger charge is -2.15. The molecule has 0 aliphatic carbocycles. The molecule has 96 valence electrons. The fraction of sp³-hybridized carbons (Fsp3) is 0.231. The van der Waals surface area contributed by atoms with E-state index in [1.54, 1.807) is 43.4 Å². The second kappa shape index (κ2) is 4.96. The first-order valence-corrected chi connectivity index (χ1v) is 7.01. The summed E-state index contributed by atoms with van der Waals surface area (Å²) in [4.78, 5) is 0.288. The fourth-order valence-electron chi connectivity index (χ4n) is 1.65. The van der Waals surface area contributed by atoms with Crippen molar-refractivity contribution in [2.75, 3.05) is 7.05 Å². The Morgan fingerprint density at radius 1 is 1.11 bits per heavy atom. The summed E-state index contributed by atoms with van der Waals surface area (Å²) < 4.78 is 31.1. The van der Waals surface area contributed by atoms with Crippen molar-refractivity contribution >= 4 is 10.0 Å². The molecule has 0 fully saturated rings. The van der Waals surface area contributed by atoms with Crippen LogP contribution in [0.25, 0.3) is 0 Å². The number of rotatable bonds is 4. The van der Waals surface area contributed by atoms with Crippen molar-refractivity contribution in [1.82, 2.24) is 4.31 Å². The van der Waals surface area contributed by atoms with Crippen molar-refractivity contribution in [3.05, 3.63) is 54.0 Å². The number of aryl methyl sites for hydroxylation is 1. The van der Waals surface area contributed by atoms with Gasteiger partial charge in [-0.1, -0.05) is 18.2 Å². The normalized spacial score (nSPS) is 11.9. The highest BCUT2D eigenvalue weighted by Gasteiger charge is 2.21. The Bertz CT molecular complexity index is 617. The van der Waals surface area contributed by atoms with Gasteiger partial charge in [0.2, 0.25) is 10.0 Å². The second-order valence-electron chi connectivity index (χ2n) is 4.09. The SMILES string of the molecule is Cc1ccc(CN(C)S(=O)(=O)c2ccccc2)o1. The maximum atomic E-state index is 12.2. The van der Waals surface area contributed by atoms with Crippen molar-refractivity contribution in [1.29, 1.82) is 0 Å². The highest BCUT2D eigenvalue weighted by atomic mass is 32.2. The molecule has 0 N–H and O–H groups in total. The Morgan fingerprint density at radius 2 is 1.78 bits per heavy atom. The van der Waals surface area contributed by atoms with E-state index in [4.69, 9.17) is 4.42 Å². The van der Waals surface area contributed by atoms with E-state index in [1.807, 2.05) is 13.0 Å². The first kappa shape index (κ1) is 12.9. The molecule has 2 aromatic rings. The van der Waals surface area contributed by atoms with Crippen LogP contribution in [0, 0.1) is 6.92 Å². The van der Waals surface area contributed by atoms with Gasteiger partial charge in [0.1, 0.15) is 11.5 Å². The molecular formula is C13H15NO3S. The molecule has 0 aliphatic heterocycles. The molecule has 0 amide bonds. The Hall–Kier alpha value is -1.59. The average Bonchev–Trinajstić information content (AvgIpc) is 2.76. The standard InChI is InChI=1S/C13H15NO3S/c1-11-8-9-12(17-11)10-14(2)18(15,16)13-6-4-3-5-7-13/h3-9H,10H2,1-2H3. The van der Waals surface area contributed by atoms with Gasteiger partial charge in [0.25, 0.3) is 0 Å². The Balaban J connectivity index is 2.21. The van der Waals surface area contributed by atoms with Gasteiger partial charge in [-0.15, -0.1) is 0 Å². The highest BCUT2D eigenvalue weighted by molar-refractivity contribution is 7.89. The summed E-state index contributed by atoms with van der Waals surface area (Å²) in [6, 6.07) is 12.0. The second-order valence-corrected chi connectivity index (χ2v) is 6.13. The van der Waals surface area contributed by atoms with Crippen molar-refractivity contribution in [3.8, 4) is 0 Å². The van der Waals surface area contributed by atoms with Gasteiger partial charge in [-0.3, -0.25) is 0 Å². The molecule has 4 nitrogen and oxygen atoms in total. The van der Waals surface area contributed by atoms with E-state index in [9.17, 15) is 8.42 Å². The van der Waals surface area contributed by atoms with Gasteiger partial charge in [0, 0.05) is 7.05 Å². The molecule has 18 heavy (non-hydrogen) atoms. The molecule has 1 aromatic heterocycles. The van der Waals surface area contributed by atoms with Crippen LogP contribution in [-0.2, 0) is 16.6 Å². The van der Waals surface area contributed by atoms with Gasteiger partial charge in [0.15, 0.2) is 0 Å². The van der Waals surface area contributed by atoms with E-state index in [0.29, 0.717) is 5.76 Å². The van der Waals surface area contributed by atoms with Crippen LogP contribution >= 0.6 is 0 Å². The first-order valence-electron chi connectivity index (χ1n) is 5.57. The summed E-state index contributed by atoms with van der Waals surface area (Å²) in [5.41, 5.74) is 0. The molecule has 5 heteroatoms. The molecule has 0 saturated heterocycles. The van der Waals surface area contributed by atoms with E-state index in [1.165, 1.54) is 4.31 Å². The topological polar surface area (TPSA) is 50.5 Å². The summed E-state index contributed by atoms with van der Waals surface area (Å²) in [6.45, 7) is 2.06. The Kier molecular flexibility index (Phi) is 3.54. The highest BCUT2D eigenvalue weighted by Crippen LogP contribution is 2.17. The lowest BCUT2D eigenvalue weighted by Crippen LogP contribution is -2.26. The molecule has 0 atom stereocenters. The number of nitrogens with zero attached hydrogens (tertiary/aromatic N) is 1. The van der Waals surface area contributed by atoms with E-state index < -0.39 is 10.0 Å². The van der Waals surface area contributed by atoms with Crippen LogP contribution < -0.4 is 0 Å². The van der Waals surface area contributed by atoms with Crippen LogP contribution in [0.5, 0.6) is 0 Å². The third-order valence-corrected chi connectivity index (χ3v) is 4.44. The summed E-state index contributed by atoms with van der Waals surface area (Å²) >= 11 is 0. The maximum Gasteiger partial charge on any atom is 0.243 e. The van der Waals surface area contributed by atoms with Gasteiger partial charge >= 0.3 is 0 Å². The zero-order chi connectivity index (χ0) is 13.2. The van der Waals surface area contributed by atoms with Crippen LogP contribution in [0.1, 0.15) is 11.5 Å². The number of sulfonamides is 1. The lowest BCUT2D eigenvalue weighted by atomic mass is 10.4. The molecule has 1 aromatic carbocycles. The van der Waals surface area contributed by atoms with Crippen LogP contribution in [0.15, 0.2) is 51.8 Å². The molecule has 0 bridgehead atoms. The average molecular weight is 265 g/mol. The number of hydrogen-bond donors (Lipinski definition) is 0. The molecule has 0 radical (unpaired) electrons. The van der Waals surface area contributed by atoms with Gasteiger partial charge in [-0.2, -0.15) is 4.31 Å². The van der Waals surface area contributed by atoms with Crippen LogP contribution in [0.2, 0.25) is 0 Å². The van der Waals surface area contributed by atoms with Gasteiger partial charge in [-0.05, 0) is 31.2 Å². The predicted molar refractivity (Wildman–Crippen MR) is 68.5 cm³/mol. The maximum absolute atomic E-state index is 12.2. The molecule has 0 spiro atoms. The molecule has 0 saturated carbocycles. The van der Waals surface area contributed by atoms with E-state index in [0.717, 1.165) is 5.76 Å². The molecular weight excluding hydrogens is 250 g/mol. The number of furan rings is 1. The van der Waals surface area contributed by atoms with E-state index in [2.05, 4.69) is 0 Å². The third-order valence-electron chi connectivity index (χ3n) is 2.63. The molecule has 2 rings (SSSR count). The number of hydrogen-bond acceptors (Lipinski definition) is 3. The van der Waals surface area contributed by atoms with E-state index >= 15 is 0 Å². The zero-order valence-corrected chi connectivity index (χ0v) is 11.1. The molecule has 1 heterocycles. The minimum atomic E-state index is -3.45. The summed E-state index contributed by atoms with van der Waals surface area (Å²) in [6.07, 6.45) is 0. The monoisotopic (exact) mass is 265 g/mol. The minimum Gasteiger partial charge on any atom is -0.465 e. The number of benzene rings is 1. The summed E-state index contributed by atoms with van der Waals surface area (Å²) in [5.74, 6) is 1.41. The minimum absolute atomic E-state index is 0.227. The van der Waals surface area contributed by atoms with Gasteiger partial charge in [-0.25, -0.2) is 8.42 Å².